The number of hydrogen-bond acceptors (Lipinski definition) is 7. The molecule has 0 bridgehead atoms. The second kappa shape index (κ2) is 7.05. The second-order valence-electron chi connectivity index (χ2n) is 7.50. The minimum atomic E-state index is -5.71. The summed E-state index contributed by atoms with van der Waals surface area (Å²) in [5.41, 5.74) is 9.47. The minimum Gasteiger partial charge on any atom is -0.383 e. The molecule has 0 aromatic carbocycles. The molecule has 3 aromatic rings. The summed E-state index contributed by atoms with van der Waals surface area (Å²) in [5, 5.41) is 6.71. The van der Waals surface area contributed by atoms with Gasteiger partial charge < -0.3 is 16.8 Å². The van der Waals surface area contributed by atoms with E-state index in [0.29, 0.717) is 0 Å². The quantitative estimate of drug-likeness (QED) is 0.379. The highest BCUT2D eigenvalue weighted by Gasteiger charge is 2.57. The Morgan fingerprint density at radius 2 is 1.94 bits per heavy atom. The largest absolute Gasteiger partial charge is 0.453 e. The first kappa shape index (κ1) is 22.3. The Morgan fingerprint density at radius 1 is 1.24 bits per heavy atom. The molecule has 0 fully saturated rings. The molecule has 0 unspecified atom stereocenters. The monoisotopic (exact) mass is 470 g/mol. The van der Waals surface area contributed by atoms with Crippen molar-refractivity contribution in [1.82, 2.24) is 24.7 Å². The SMILES string of the molecule is C[C@]1(C(N)=O)C(=O)Nc2nc(-c3nn(CCC(F)(F)C(F)(F)F)c4ncccc34)nc(N)c21. The highest BCUT2D eigenvalue weighted by Crippen LogP contribution is 2.41. The first-order valence-electron chi connectivity index (χ1n) is 9.33. The summed E-state index contributed by atoms with van der Waals surface area (Å²) < 4.78 is 65.4. The smallest absolute Gasteiger partial charge is 0.383 e. The summed E-state index contributed by atoms with van der Waals surface area (Å²) in [7, 11) is 0. The lowest BCUT2D eigenvalue weighted by atomic mass is 9.84. The number of halogens is 5. The van der Waals surface area contributed by atoms with Crippen LogP contribution in [0.4, 0.5) is 33.6 Å². The van der Waals surface area contributed by atoms with Gasteiger partial charge in [0.1, 0.15) is 17.3 Å². The van der Waals surface area contributed by atoms with Gasteiger partial charge in [0.05, 0.1) is 10.9 Å². The summed E-state index contributed by atoms with van der Waals surface area (Å²) in [5.74, 6) is -7.21. The molecule has 0 aliphatic carbocycles. The third kappa shape index (κ3) is 3.30. The molecule has 174 valence electrons. The van der Waals surface area contributed by atoms with E-state index in [2.05, 4.69) is 25.4 Å². The number of nitrogens with one attached hydrogen (secondary N) is 1. The van der Waals surface area contributed by atoms with E-state index in [-0.39, 0.29) is 39.8 Å². The van der Waals surface area contributed by atoms with Crippen LogP contribution in [0, 0.1) is 0 Å². The number of nitrogen functional groups attached to an aromatic ring is 1. The van der Waals surface area contributed by atoms with Gasteiger partial charge in [0, 0.05) is 19.2 Å². The first-order chi connectivity index (χ1) is 15.3. The van der Waals surface area contributed by atoms with Crippen molar-refractivity contribution in [2.45, 2.75) is 37.4 Å². The Hall–Kier alpha value is -3.91. The molecule has 10 nitrogen and oxygen atoms in total. The molecule has 0 saturated heterocycles. The van der Waals surface area contributed by atoms with E-state index >= 15 is 0 Å². The number of carbonyl (C=O) groups is 2. The van der Waals surface area contributed by atoms with Crippen molar-refractivity contribution in [3.63, 3.8) is 0 Å². The average Bonchev–Trinajstić information content (AvgIpc) is 3.21. The van der Waals surface area contributed by atoms with Gasteiger partial charge in [0.2, 0.25) is 11.8 Å². The molecular formula is C18H15F5N8O2. The van der Waals surface area contributed by atoms with Crippen molar-refractivity contribution in [3.05, 3.63) is 23.9 Å². The summed E-state index contributed by atoms with van der Waals surface area (Å²) in [4.78, 5) is 36.5. The number of alkyl halides is 5. The molecule has 0 saturated carbocycles. The summed E-state index contributed by atoms with van der Waals surface area (Å²) in [6.07, 6.45) is -5.97. The highest BCUT2D eigenvalue weighted by atomic mass is 19.4. The zero-order valence-electron chi connectivity index (χ0n) is 16.7. The maximum Gasteiger partial charge on any atom is 0.453 e. The van der Waals surface area contributed by atoms with Crippen LogP contribution in [0.25, 0.3) is 22.6 Å². The van der Waals surface area contributed by atoms with Crippen LogP contribution in [-0.4, -0.2) is 48.6 Å². The number of nitrogens with zero attached hydrogens (tertiary/aromatic N) is 5. The van der Waals surface area contributed by atoms with Crippen molar-refractivity contribution >= 4 is 34.5 Å². The third-order valence-electron chi connectivity index (χ3n) is 5.39. The van der Waals surface area contributed by atoms with Crippen LogP contribution in [0.5, 0.6) is 0 Å². The van der Waals surface area contributed by atoms with Crippen molar-refractivity contribution in [2.24, 2.45) is 5.73 Å². The summed E-state index contributed by atoms with van der Waals surface area (Å²) >= 11 is 0. The summed E-state index contributed by atoms with van der Waals surface area (Å²) in [6, 6.07) is 2.98. The van der Waals surface area contributed by atoms with E-state index in [1.54, 1.807) is 0 Å². The van der Waals surface area contributed by atoms with Crippen molar-refractivity contribution in [3.8, 4) is 11.5 Å². The zero-order valence-corrected chi connectivity index (χ0v) is 16.7. The maximum atomic E-state index is 13.4. The third-order valence-corrected chi connectivity index (χ3v) is 5.39. The van der Waals surface area contributed by atoms with E-state index in [1.165, 1.54) is 25.3 Å². The molecule has 1 aliphatic rings. The average molecular weight is 470 g/mol. The molecule has 1 aliphatic heterocycles. The van der Waals surface area contributed by atoms with Gasteiger partial charge in [-0.05, 0) is 19.1 Å². The van der Waals surface area contributed by atoms with Gasteiger partial charge in [-0.15, -0.1) is 0 Å². The Labute approximate surface area is 181 Å². The van der Waals surface area contributed by atoms with E-state index in [0.717, 1.165) is 4.68 Å². The summed E-state index contributed by atoms with van der Waals surface area (Å²) in [6.45, 7) is 0.446. The number of pyridine rings is 1. The number of aromatic nitrogens is 5. The van der Waals surface area contributed by atoms with Crippen molar-refractivity contribution < 1.29 is 31.5 Å². The van der Waals surface area contributed by atoms with Crippen LogP contribution in [0.15, 0.2) is 18.3 Å². The maximum absolute atomic E-state index is 13.4. The Bertz CT molecular complexity index is 1300. The van der Waals surface area contributed by atoms with E-state index in [4.69, 9.17) is 11.5 Å². The zero-order chi connectivity index (χ0) is 24.3. The lowest BCUT2D eigenvalue weighted by molar-refractivity contribution is -0.285. The molecule has 33 heavy (non-hydrogen) atoms. The topological polar surface area (TPSA) is 155 Å². The number of amides is 2. The number of hydrogen-bond donors (Lipinski definition) is 3. The van der Waals surface area contributed by atoms with Gasteiger partial charge >= 0.3 is 12.1 Å². The molecule has 0 spiro atoms. The fraction of sp³-hybridized carbons (Fsp3) is 0.333. The molecule has 4 rings (SSSR count). The van der Waals surface area contributed by atoms with Crippen LogP contribution in [0.2, 0.25) is 0 Å². The molecular weight excluding hydrogens is 455 g/mol. The Balaban J connectivity index is 1.80. The molecule has 4 heterocycles. The van der Waals surface area contributed by atoms with Crippen LogP contribution >= 0.6 is 0 Å². The number of aryl methyl sites for hydroxylation is 1. The number of primary amides is 1. The van der Waals surface area contributed by atoms with E-state index in [9.17, 15) is 31.5 Å². The molecule has 0 radical (unpaired) electrons. The Morgan fingerprint density at radius 3 is 2.58 bits per heavy atom. The minimum absolute atomic E-state index is 0.0131. The number of carbonyl (C=O) groups excluding carboxylic acids is 2. The van der Waals surface area contributed by atoms with Crippen LogP contribution in [0.1, 0.15) is 18.9 Å². The van der Waals surface area contributed by atoms with Gasteiger partial charge in [0.25, 0.3) is 0 Å². The highest BCUT2D eigenvalue weighted by molar-refractivity contribution is 6.20. The van der Waals surface area contributed by atoms with Gasteiger partial charge in [-0.25, -0.2) is 19.6 Å². The molecule has 5 N–H and O–H groups in total. The number of rotatable bonds is 5. The first-order valence-corrected chi connectivity index (χ1v) is 9.33. The molecule has 2 amide bonds. The van der Waals surface area contributed by atoms with Crippen molar-refractivity contribution in [2.75, 3.05) is 11.1 Å². The molecule has 15 heteroatoms. The van der Waals surface area contributed by atoms with E-state index < -0.39 is 42.3 Å². The van der Waals surface area contributed by atoms with Gasteiger partial charge in [-0.3, -0.25) is 9.59 Å². The fourth-order valence-electron chi connectivity index (χ4n) is 3.47. The molecule has 1 atom stereocenters. The fourth-order valence-corrected chi connectivity index (χ4v) is 3.47. The van der Waals surface area contributed by atoms with Crippen LogP contribution in [0.3, 0.4) is 0 Å². The number of anilines is 2. The van der Waals surface area contributed by atoms with Crippen molar-refractivity contribution in [1.29, 1.82) is 0 Å². The number of fused-ring (bicyclic) bond motifs is 2. The van der Waals surface area contributed by atoms with Gasteiger partial charge in [-0.2, -0.15) is 27.1 Å². The van der Waals surface area contributed by atoms with Gasteiger partial charge in [0.15, 0.2) is 16.9 Å². The van der Waals surface area contributed by atoms with Crippen LogP contribution in [-0.2, 0) is 21.5 Å². The predicted octanol–water partition coefficient (Wildman–Crippen LogP) is 1.75. The lowest BCUT2D eigenvalue weighted by Crippen LogP contribution is -2.44. The number of nitrogens with two attached hydrogens (primary N) is 2. The van der Waals surface area contributed by atoms with Gasteiger partial charge in [-0.1, -0.05) is 0 Å². The normalized spacial score (nSPS) is 18.4. The van der Waals surface area contributed by atoms with E-state index in [1.807, 2.05) is 0 Å². The predicted molar refractivity (Wildman–Crippen MR) is 104 cm³/mol. The van der Waals surface area contributed by atoms with Crippen LogP contribution < -0.4 is 16.8 Å². The standard InChI is InChI=1S/C18H15F5N8O2/c1-16(14(25)32)8-10(24)27-12(28-11(8)29-15(16)33)9-7-3-2-5-26-13(7)31(30-9)6-4-17(19,20)18(21,22)23/h2-3,5H,4,6H2,1H3,(H2,25,32)(H3,24,27,28,29,33)/t16-/m0/s1. The molecule has 3 aromatic heterocycles. The second-order valence-corrected chi connectivity index (χ2v) is 7.50. The Kier molecular flexibility index (Phi) is 4.76. The lowest BCUT2D eigenvalue weighted by Gasteiger charge is -2.19.